The summed E-state index contributed by atoms with van der Waals surface area (Å²) in [5.41, 5.74) is 1.29. The summed E-state index contributed by atoms with van der Waals surface area (Å²) in [4.78, 5) is 8.73. The number of halogens is 1. The number of aryl methyl sites for hydroxylation is 1. The molecule has 0 fully saturated rings. The van der Waals surface area contributed by atoms with Crippen molar-refractivity contribution in [1.29, 1.82) is 0 Å². The Morgan fingerprint density at radius 2 is 1.94 bits per heavy atom. The molecular formula is C14H15ClN2S. The van der Waals surface area contributed by atoms with Gasteiger partial charge in [0.15, 0.2) is 0 Å². The van der Waals surface area contributed by atoms with Gasteiger partial charge in [0.05, 0.1) is 0 Å². The summed E-state index contributed by atoms with van der Waals surface area (Å²) in [5.74, 6) is 1.74. The third-order valence-corrected chi connectivity index (χ3v) is 3.60. The van der Waals surface area contributed by atoms with E-state index in [4.69, 9.17) is 11.6 Å². The van der Waals surface area contributed by atoms with Gasteiger partial charge in [-0.1, -0.05) is 48.9 Å². The Morgan fingerprint density at radius 1 is 1.17 bits per heavy atom. The lowest BCUT2D eigenvalue weighted by atomic mass is 10.2. The van der Waals surface area contributed by atoms with Crippen LogP contribution in [0, 0.1) is 0 Å². The SMILES string of the molecule is CCCc1nc(Cl)cc(SCc2ccccc2)n1. The van der Waals surface area contributed by atoms with Crippen molar-refractivity contribution in [2.24, 2.45) is 0 Å². The lowest BCUT2D eigenvalue weighted by Crippen LogP contribution is -1.96. The minimum atomic E-state index is 0.531. The highest BCUT2D eigenvalue weighted by Gasteiger charge is 2.04. The van der Waals surface area contributed by atoms with Gasteiger partial charge in [-0.2, -0.15) is 0 Å². The number of aromatic nitrogens is 2. The number of benzene rings is 1. The van der Waals surface area contributed by atoms with E-state index in [1.165, 1.54) is 5.56 Å². The zero-order valence-electron chi connectivity index (χ0n) is 10.3. The largest absolute Gasteiger partial charge is 0.226 e. The minimum absolute atomic E-state index is 0.531. The minimum Gasteiger partial charge on any atom is -0.226 e. The molecule has 2 aromatic rings. The van der Waals surface area contributed by atoms with E-state index in [9.17, 15) is 0 Å². The van der Waals surface area contributed by atoms with Crippen LogP contribution in [0.25, 0.3) is 0 Å². The predicted molar refractivity (Wildman–Crippen MR) is 77.0 cm³/mol. The lowest BCUT2D eigenvalue weighted by Gasteiger charge is -2.04. The first-order chi connectivity index (χ1) is 8.78. The Bertz CT molecular complexity index is 502. The van der Waals surface area contributed by atoms with Gasteiger partial charge in [0.2, 0.25) is 0 Å². The van der Waals surface area contributed by atoms with Gasteiger partial charge in [0.25, 0.3) is 0 Å². The maximum atomic E-state index is 6.00. The highest BCUT2D eigenvalue weighted by Crippen LogP contribution is 2.23. The first kappa shape index (κ1) is 13.4. The van der Waals surface area contributed by atoms with Crippen molar-refractivity contribution < 1.29 is 0 Å². The molecule has 0 unspecified atom stereocenters. The van der Waals surface area contributed by atoms with E-state index in [2.05, 4.69) is 29.0 Å². The van der Waals surface area contributed by atoms with Crippen LogP contribution in [0.3, 0.4) is 0 Å². The van der Waals surface area contributed by atoms with Crippen LogP contribution >= 0.6 is 23.4 Å². The Kier molecular flexibility index (Phi) is 5.02. The zero-order valence-corrected chi connectivity index (χ0v) is 11.8. The monoisotopic (exact) mass is 278 g/mol. The number of hydrogen-bond donors (Lipinski definition) is 0. The van der Waals surface area contributed by atoms with Crippen molar-refractivity contribution in [2.75, 3.05) is 0 Å². The lowest BCUT2D eigenvalue weighted by molar-refractivity contribution is 0.809. The molecule has 18 heavy (non-hydrogen) atoms. The van der Waals surface area contributed by atoms with Crippen LogP contribution in [0.5, 0.6) is 0 Å². The average molecular weight is 279 g/mol. The molecule has 0 aliphatic rings. The second-order valence-corrected chi connectivity index (χ2v) is 5.35. The average Bonchev–Trinajstić information content (AvgIpc) is 2.37. The summed E-state index contributed by atoms with van der Waals surface area (Å²) in [5, 5.41) is 1.48. The van der Waals surface area contributed by atoms with Crippen molar-refractivity contribution in [3.63, 3.8) is 0 Å². The van der Waals surface area contributed by atoms with Gasteiger partial charge >= 0.3 is 0 Å². The van der Waals surface area contributed by atoms with E-state index < -0.39 is 0 Å². The van der Waals surface area contributed by atoms with Crippen molar-refractivity contribution in [3.05, 3.63) is 52.9 Å². The maximum Gasteiger partial charge on any atom is 0.133 e. The molecule has 0 spiro atoms. The molecule has 2 rings (SSSR count). The van der Waals surface area contributed by atoms with Gasteiger partial charge in [-0.15, -0.1) is 11.8 Å². The zero-order chi connectivity index (χ0) is 12.8. The van der Waals surface area contributed by atoms with Gasteiger partial charge in [-0.3, -0.25) is 0 Å². The smallest absolute Gasteiger partial charge is 0.133 e. The third kappa shape index (κ3) is 4.00. The molecule has 0 aliphatic heterocycles. The van der Waals surface area contributed by atoms with Gasteiger partial charge in [-0.05, 0) is 12.0 Å². The molecule has 4 heteroatoms. The summed E-state index contributed by atoms with van der Waals surface area (Å²) in [7, 11) is 0. The molecule has 0 amide bonds. The molecule has 1 aromatic carbocycles. The van der Waals surface area contributed by atoms with E-state index in [0.717, 1.165) is 29.4 Å². The molecule has 0 bridgehead atoms. The van der Waals surface area contributed by atoms with Crippen molar-refractivity contribution >= 4 is 23.4 Å². The van der Waals surface area contributed by atoms with Gasteiger partial charge in [0, 0.05) is 18.2 Å². The third-order valence-electron chi connectivity index (χ3n) is 2.42. The van der Waals surface area contributed by atoms with Crippen LogP contribution in [0.15, 0.2) is 41.4 Å². The summed E-state index contributed by atoms with van der Waals surface area (Å²) in [6.07, 6.45) is 1.91. The number of rotatable bonds is 5. The fourth-order valence-electron chi connectivity index (χ4n) is 1.58. The van der Waals surface area contributed by atoms with Crippen LogP contribution in [0.4, 0.5) is 0 Å². The fourth-order valence-corrected chi connectivity index (χ4v) is 2.72. The second kappa shape index (κ2) is 6.76. The van der Waals surface area contributed by atoms with E-state index in [0.29, 0.717) is 5.15 Å². The molecule has 0 radical (unpaired) electrons. The molecule has 1 aromatic heterocycles. The summed E-state index contributed by atoms with van der Waals surface area (Å²) in [6, 6.07) is 12.2. The van der Waals surface area contributed by atoms with E-state index >= 15 is 0 Å². The normalized spacial score (nSPS) is 10.6. The Hall–Kier alpha value is -1.06. The van der Waals surface area contributed by atoms with Crippen LogP contribution < -0.4 is 0 Å². The fraction of sp³-hybridized carbons (Fsp3) is 0.286. The molecular weight excluding hydrogens is 264 g/mol. The second-order valence-electron chi connectivity index (χ2n) is 3.97. The van der Waals surface area contributed by atoms with Crippen molar-refractivity contribution in [2.45, 2.75) is 30.5 Å². The Labute approximate surface area is 117 Å². The number of nitrogens with zero attached hydrogens (tertiary/aromatic N) is 2. The molecule has 0 N–H and O–H groups in total. The molecule has 0 atom stereocenters. The molecule has 0 aliphatic carbocycles. The van der Waals surface area contributed by atoms with Crippen LogP contribution in [0.1, 0.15) is 24.7 Å². The number of hydrogen-bond acceptors (Lipinski definition) is 3. The van der Waals surface area contributed by atoms with Crippen LogP contribution in [-0.2, 0) is 12.2 Å². The maximum absolute atomic E-state index is 6.00. The Morgan fingerprint density at radius 3 is 2.67 bits per heavy atom. The van der Waals surface area contributed by atoms with E-state index in [1.54, 1.807) is 11.8 Å². The molecule has 1 heterocycles. The highest BCUT2D eigenvalue weighted by molar-refractivity contribution is 7.98. The quantitative estimate of drug-likeness (QED) is 0.600. The first-order valence-corrected chi connectivity index (χ1v) is 7.34. The van der Waals surface area contributed by atoms with Crippen molar-refractivity contribution in [3.8, 4) is 0 Å². The molecule has 2 nitrogen and oxygen atoms in total. The molecule has 94 valence electrons. The first-order valence-electron chi connectivity index (χ1n) is 5.98. The summed E-state index contributed by atoms with van der Waals surface area (Å²) < 4.78 is 0. The summed E-state index contributed by atoms with van der Waals surface area (Å²) >= 11 is 7.70. The van der Waals surface area contributed by atoms with E-state index in [1.807, 2.05) is 24.3 Å². The highest BCUT2D eigenvalue weighted by atomic mass is 35.5. The van der Waals surface area contributed by atoms with E-state index in [-0.39, 0.29) is 0 Å². The van der Waals surface area contributed by atoms with Gasteiger partial charge in [0.1, 0.15) is 16.0 Å². The predicted octanol–water partition coefficient (Wildman–Crippen LogP) is 4.37. The molecule has 0 saturated carbocycles. The van der Waals surface area contributed by atoms with Crippen molar-refractivity contribution in [1.82, 2.24) is 9.97 Å². The van der Waals surface area contributed by atoms with Crippen LogP contribution in [-0.4, -0.2) is 9.97 Å². The Balaban J connectivity index is 2.05. The topological polar surface area (TPSA) is 25.8 Å². The van der Waals surface area contributed by atoms with Gasteiger partial charge < -0.3 is 0 Å². The summed E-state index contributed by atoms with van der Waals surface area (Å²) in [6.45, 7) is 2.11. The molecule has 0 saturated heterocycles. The number of thioether (sulfide) groups is 1. The standard InChI is InChI=1S/C14H15ClN2S/c1-2-6-13-16-12(15)9-14(17-13)18-10-11-7-4-3-5-8-11/h3-5,7-9H,2,6,10H2,1H3. The van der Waals surface area contributed by atoms with Gasteiger partial charge in [-0.25, -0.2) is 9.97 Å². The van der Waals surface area contributed by atoms with Crippen LogP contribution in [0.2, 0.25) is 5.15 Å².